The fourth-order valence-electron chi connectivity index (χ4n) is 2.79. The van der Waals surface area contributed by atoms with Gasteiger partial charge in [0.25, 0.3) is 11.6 Å². The summed E-state index contributed by atoms with van der Waals surface area (Å²) in [6.45, 7) is 0.274. The summed E-state index contributed by atoms with van der Waals surface area (Å²) >= 11 is 16.4. The Hall–Kier alpha value is -2.16. The zero-order valence-corrected chi connectivity index (χ0v) is 23.2. The van der Waals surface area contributed by atoms with Crippen LogP contribution >= 0.6 is 68.4 Å². The van der Waals surface area contributed by atoms with Crippen molar-refractivity contribution in [2.75, 3.05) is 7.11 Å². The second-order valence-electron chi connectivity index (χ2n) is 6.68. The Morgan fingerprint density at radius 2 is 1.85 bits per heavy atom. The molecule has 3 rings (SSSR count). The summed E-state index contributed by atoms with van der Waals surface area (Å²) in [4.78, 5) is 22.9. The van der Waals surface area contributed by atoms with Crippen molar-refractivity contribution < 1.29 is 19.2 Å². The monoisotopic (exact) mass is 725 g/mol. The molecule has 0 aliphatic heterocycles. The minimum absolute atomic E-state index is 0.00243. The smallest absolute Gasteiger partial charge is 0.275 e. The van der Waals surface area contributed by atoms with Gasteiger partial charge in [0, 0.05) is 27.7 Å². The first-order chi connectivity index (χ1) is 16.2. The van der Waals surface area contributed by atoms with Gasteiger partial charge in [-0.2, -0.15) is 5.10 Å². The zero-order chi connectivity index (χ0) is 24.8. The van der Waals surface area contributed by atoms with Crippen molar-refractivity contribution in [2.45, 2.75) is 6.61 Å². The number of non-ortho nitro benzene ring substituents is 1. The molecule has 0 fully saturated rings. The number of nitrogens with one attached hydrogen (secondary N) is 1. The molecule has 3 aromatic rings. The number of nitro benzene ring substituents is 1. The third-order valence-electron chi connectivity index (χ3n) is 4.43. The lowest BCUT2D eigenvalue weighted by molar-refractivity contribution is -0.384. The van der Waals surface area contributed by atoms with Gasteiger partial charge in [0.15, 0.2) is 0 Å². The van der Waals surface area contributed by atoms with E-state index in [-0.39, 0.29) is 23.6 Å². The molecule has 0 heterocycles. The van der Waals surface area contributed by atoms with Gasteiger partial charge in [-0.05, 0) is 81.1 Å². The SMILES string of the molecule is COc1ccc([N+](=O)[O-])cc1C(=O)N/N=C\c1cc(I)c(OCc2ccc(Cl)cc2Cl)c(I)c1. The molecule has 0 saturated heterocycles. The number of hydrazone groups is 1. The van der Waals surface area contributed by atoms with Gasteiger partial charge in [0.05, 0.1) is 31.0 Å². The number of hydrogen-bond donors (Lipinski definition) is 1. The van der Waals surface area contributed by atoms with Gasteiger partial charge < -0.3 is 9.47 Å². The largest absolute Gasteiger partial charge is 0.496 e. The van der Waals surface area contributed by atoms with Crippen LogP contribution in [0, 0.1) is 17.3 Å². The molecule has 1 N–H and O–H groups in total. The second-order valence-corrected chi connectivity index (χ2v) is 9.85. The Morgan fingerprint density at radius 1 is 1.15 bits per heavy atom. The lowest BCUT2D eigenvalue weighted by Gasteiger charge is -2.12. The Bertz CT molecular complexity index is 1260. The second kappa shape index (κ2) is 12.0. The molecule has 0 bridgehead atoms. The number of hydrogen-bond acceptors (Lipinski definition) is 6. The molecule has 34 heavy (non-hydrogen) atoms. The van der Waals surface area contributed by atoms with E-state index in [0.29, 0.717) is 15.8 Å². The van der Waals surface area contributed by atoms with Gasteiger partial charge in [-0.3, -0.25) is 14.9 Å². The molecule has 8 nitrogen and oxygen atoms in total. The minimum atomic E-state index is -0.638. The molecule has 3 aromatic carbocycles. The van der Waals surface area contributed by atoms with Gasteiger partial charge in [-0.25, -0.2) is 5.43 Å². The standard InChI is InChI=1S/C22H15Cl2I2N3O5/c1-33-20-5-4-15(29(31)32)9-16(20)22(30)28-27-10-12-6-18(25)21(19(26)7-12)34-11-13-2-3-14(23)8-17(13)24/h2-10H,11H2,1H3,(H,28,30)/b27-10-. The van der Waals surface area contributed by atoms with Crippen LogP contribution in [0.4, 0.5) is 5.69 Å². The van der Waals surface area contributed by atoms with Gasteiger partial charge in [-0.1, -0.05) is 29.3 Å². The highest BCUT2D eigenvalue weighted by atomic mass is 127. The maximum absolute atomic E-state index is 12.5. The van der Waals surface area contributed by atoms with Crippen LogP contribution < -0.4 is 14.9 Å². The first-order valence-electron chi connectivity index (χ1n) is 9.41. The third kappa shape index (κ3) is 6.71. The Kier molecular flexibility index (Phi) is 9.33. The van der Waals surface area contributed by atoms with Crippen molar-refractivity contribution in [3.8, 4) is 11.5 Å². The van der Waals surface area contributed by atoms with E-state index in [0.717, 1.165) is 24.3 Å². The van der Waals surface area contributed by atoms with E-state index in [9.17, 15) is 14.9 Å². The van der Waals surface area contributed by atoms with Gasteiger partial charge >= 0.3 is 0 Å². The van der Waals surface area contributed by atoms with Crippen LogP contribution in [0.25, 0.3) is 0 Å². The first-order valence-corrected chi connectivity index (χ1v) is 12.3. The number of nitro groups is 1. The fourth-order valence-corrected chi connectivity index (χ4v) is 5.38. The summed E-state index contributed by atoms with van der Waals surface area (Å²) in [5.41, 5.74) is 3.67. The normalized spacial score (nSPS) is 10.9. The molecule has 0 aromatic heterocycles. The van der Waals surface area contributed by atoms with Crippen LogP contribution in [-0.2, 0) is 6.61 Å². The number of ether oxygens (including phenoxy) is 2. The van der Waals surface area contributed by atoms with Crippen molar-refractivity contribution in [3.63, 3.8) is 0 Å². The molecule has 0 aliphatic carbocycles. The minimum Gasteiger partial charge on any atom is -0.496 e. The van der Waals surface area contributed by atoms with Crippen LogP contribution in [0.15, 0.2) is 53.6 Å². The summed E-state index contributed by atoms with van der Waals surface area (Å²) in [7, 11) is 1.37. The highest BCUT2D eigenvalue weighted by Crippen LogP contribution is 2.30. The van der Waals surface area contributed by atoms with Crippen molar-refractivity contribution in [2.24, 2.45) is 5.10 Å². The third-order valence-corrected chi connectivity index (χ3v) is 6.62. The highest BCUT2D eigenvalue weighted by molar-refractivity contribution is 14.1. The molecule has 1 amide bonds. The maximum Gasteiger partial charge on any atom is 0.275 e. The average Bonchev–Trinajstić information content (AvgIpc) is 2.79. The molecule has 0 atom stereocenters. The van der Waals surface area contributed by atoms with E-state index < -0.39 is 10.8 Å². The number of halogens is 4. The molecular formula is C22H15Cl2I2N3O5. The lowest BCUT2D eigenvalue weighted by atomic mass is 10.1. The summed E-state index contributed by atoms with van der Waals surface area (Å²) in [5, 5.41) is 16.0. The lowest BCUT2D eigenvalue weighted by Crippen LogP contribution is -2.18. The van der Waals surface area contributed by atoms with Crippen LogP contribution in [0.3, 0.4) is 0 Å². The molecular weight excluding hydrogens is 711 g/mol. The predicted octanol–water partition coefficient (Wildman–Crippen LogP) is 6.46. The number of carbonyl (C=O) groups is 1. The number of carbonyl (C=O) groups excluding carboxylic acids is 1. The fraction of sp³-hybridized carbons (Fsp3) is 0.0909. The molecule has 0 unspecified atom stereocenters. The van der Waals surface area contributed by atoms with Crippen LogP contribution in [-0.4, -0.2) is 24.2 Å². The number of methoxy groups -OCH3 is 1. The number of amides is 1. The van der Waals surface area contributed by atoms with E-state index in [2.05, 4.69) is 55.7 Å². The van der Waals surface area contributed by atoms with Crippen molar-refractivity contribution in [1.29, 1.82) is 0 Å². The molecule has 0 aliphatic rings. The average molecular weight is 726 g/mol. The summed E-state index contributed by atoms with van der Waals surface area (Å²) in [5.74, 6) is 0.250. The maximum atomic E-state index is 12.5. The van der Waals surface area contributed by atoms with Crippen molar-refractivity contribution in [1.82, 2.24) is 5.43 Å². The first kappa shape index (κ1) is 26.4. The summed E-state index contributed by atoms with van der Waals surface area (Å²) < 4.78 is 12.7. The molecule has 0 radical (unpaired) electrons. The van der Waals surface area contributed by atoms with Crippen molar-refractivity contribution in [3.05, 3.63) is 92.5 Å². The Balaban J connectivity index is 1.70. The Labute approximate surface area is 232 Å². The van der Waals surface area contributed by atoms with Gasteiger partial charge in [-0.15, -0.1) is 0 Å². The number of nitrogens with zero attached hydrogens (tertiary/aromatic N) is 2. The molecule has 0 saturated carbocycles. The quantitative estimate of drug-likeness (QED) is 0.124. The number of rotatable bonds is 8. The Morgan fingerprint density at radius 3 is 2.47 bits per heavy atom. The van der Waals surface area contributed by atoms with Crippen LogP contribution in [0.5, 0.6) is 11.5 Å². The van der Waals surface area contributed by atoms with Crippen molar-refractivity contribution >= 4 is 86.2 Å². The van der Waals surface area contributed by atoms with Crippen LogP contribution in [0.1, 0.15) is 21.5 Å². The van der Waals surface area contributed by atoms with E-state index in [1.165, 1.54) is 25.5 Å². The molecule has 176 valence electrons. The summed E-state index contributed by atoms with van der Waals surface area (Å²) in [6.07, 6.45) is 1.46. The van der Waals surface area contributed by atoms with E-state index >= 15 is 0 Å². The van der Waals surface area contributed by atoms with Crippen LogP contribution in [0.2, 0.25) is 10.0 Å². The molecule has 0 spiro atoms. The van der Waals surface area contributed by atoms with E-state index in [1.54, 1.807) is 12.1 Å². The van der Waals surface area contributed by atoms with E-state index in [1.807, 2.05) is 18.2 Å². The highest BCUT2D eigenvalue weighted by Gasteiger charge is 2.17. The van der Waals surface area contributed by atoms with Gasteiger partial charge in [0.1, 0.15) is 18.1 Å². The molecule has 12 heteroatoms. The zero-order valence-electron chi connectivity index (χ0n) is 17.4. The van der Waals surface area contributed by atoms with Gasteiger partial charge in [0.2, 0.25) is 0 Å². The number of benzene rings is 3. The summed E-state index contributed by atoms with van der Waals surface area (Å²) in [6, 6.07) is 12.6. The topological polar surface area (TPSA) is 103 Å². The predicted molar refractivity (Wildman–Crippen MR) is 147 cm³/mol. The van der Waals surface area contributed by atoms with E-state index in [4.69, 9.17) is 32.7 Å².